The maximum atomic E-state index is 13.5. The second kappa shape index (κ2) is 11.0. The van der Waals surface area contributed by atoms with Gasteiger partial charge in [0, 0.05) is 18.4 Å². The minimum atomic E-state index is -0.689. The van der Waals surface area contributed by atoms with Gasteiger partial charge in [0.15, 0.2) is 5.49 Å². The quantitative estimate of drug-likeness (QED) is 0.274. The number of ether oxygens (including phenoxy) is 3. The van der Waals surface area contributed by atoms with Gasteiger partial charge in [-0.1, -0.05) is 6.07 Å². The van der Waals surface area contributed by atoms with E-state index in [1.165, 1.54) is 10.5 Å². The van der Waals surface area contributed by atoms with Crippen LogP contribution >= 0.6 is 0 Å². The normalized spacial score (nSPS) is 15.7. The highest BCUT2D eigenvalue weighted by molar-refractivity contribution is 5.97. The minimum Gasteiger partial charge on any atom is -0.494 e. The number of nitrogens with zero attached hydrogens (tertiary/aromatic N) is 4. The zero-order chi connectivity index (χ0) is 26.6. The third kappa shape index (κ3) is 4.95. The Morgan fingerprint density at radius 2 is 1.95 bits per heavy atom. The van der Waals surface area contributed by atoms with Crippen molar-refractivity contribution in [3.63, 3.8) is 0 Å². The van der Waals surface area contributed by atoms with E-state index in [4.69, 9.17) is 19.2 Å². The molecule has 0 unspecified atom stereocenters. The van der Waals surface area contributed by atoms with Crippen molar-refractivity contribution in [1.82, 2.24) is 14.0 Å². The molecule has 3 aromatic heterocycles. The molecule has 0 saturated carbocycles. The van der Waals surface area contributed by atoms with Gasteiger partial charge in [0.1, 0.15) is 22.6 Å². The summed E-state index contributed by atoms with van der Waals surface area (Å²) in [6, 6.07) is 13.3. The Kier molecular flexibility index (Phi) is 7.32. The van der Waals surface area contributed by atoms with Crippen LogP contribution in [0, 0.1) is 0 Å². The number of fused-ring (bicyclic) bond motifs is 2. The molecule has 4 heterocycles. The summed E-state index contributed by atoms with van der Waals surface area (Å²) in [5.74, 6) is -0.616. The first-order valence-corrected chi connectivity index (χ1v) is 12.7. The molecule has 1 aliphatic heterocycles. The SMILES string of the molecule is CCOC(=O)c1cc2c(=O)n3ccccc3nc2n(C[C@@H]2CCCO2)c1=NC(=O)c1ccc(OCC)cc1. The summed E-state index contributed by atoms with van der Waals surface area (Å²) in [5, 5.41) is 0.210. The Morgan fingerprint density at radius 1 is 1.13 bits per heavy atom. The summed E-state index contributed by atoms with van der Waals surface area (Å²) < 4.78 is 19.7. The molecule has 4 aromatic rings. The van der Waals surface area contributed by atoms with E-state index in [0.29, 0.717) is 35.8 Å². The molecule has 1 fully saturated rings. The van der Waals surface area contributed by atoms with Gasteiger partial charge in [-0.3, -0.25) is 14.0 Å². The second-order valence-corrected chi connectivity index (χ2v) is 8.81. The first kappa shape index (κ1) is 25.3. The lowest BCUT2D eigenvalue weighted by molar-refractivity contribution is 0.0521. The number of rotatable bonds is 7. The van der Waals surface area contributed by atoms with Gasteiger partial charge in [-0.15, -0.1) is 0 Å². The van der Waals surface area contributed by atoms with Crippen LogP contribution in [0.3, 0.4) is 0 Å². The van der Waals surface area contributed by atoms with Gasteiger partial charge in [0.25, 0.3) is 11.5 Å². The number of amides is 1. The number of pyridine rings is 2. The van der Waals surface area contributed by atoms with Crippen LogP contribution in [0.2, 0.25) is 0 Å². The van der Waals surface area contributed by atoms with E-state index in [2.05, 4.69) is 4.99 Å². The first-order valence-electron chi connectivity index (χ1n) is 12.7. The fourth-order valence-electron chi connectivity index (χ4n) is 4.54. The summed E-state index contributed by atoms with van der Waals surface area (Å²) in [4.78, 5) is 49.0. The van der Waals surface area contributed by atoms with E-state index in [1.54, 1.807) is 60.2 Å². The van der Waals surface area contributed by atoms with Crippen LogP contribution in [0.5, 0.6) is 5.75 Å². The second-order valence-electron chi connectivity index (χ2n) is 8.81. The van der Waals surface area contributed by atoms with Gasteiger partial charge in [-0.25, -0.2) is 9.78 Å². The number of hydrogen-bond donors (Lipinski definition) is 0. The fraction of sp³-hybridized carbons (Fsp3) is 0.321. The average Bonchev–Trinajstić information content (AvgIpc) is 3.44. The molecule has 1 aromatic carbocycles. The van der Waals surface area contributed by atoms with Crippen molar-refractivity contribution >= 4 is 28.6 Å². The predicted octanol–water partition coefficient (Wildman–Crippen LogP) is 3.14. The average molecular weight is 517 g/mol. The molecule has 0 aliphatic carbocycles. The Bertz CT molecular complexity index is 1630. The van der Waals surface area contributed by atoms with Crippen molar-refractivity contribution in [3.05, 3.63) is 81.7 Å². The number of carbonyl (C=O) groups excluding carboxylic acids is 2. The van der Waals surface area contributed by atoms with Crippen molar-refractivity contribution in [1.29, 1.82) is 0 Å². The molecule has 0 N–H and O–H groups in total. The zero-order valence-electron chi connectivity index (χ0n) is 21.3. The molecule has 5 rings (SSSR count). The third-order valence-corrected chi connectivity index (χ3v) is 6.32. The number of benzene rings is 1. The molecule has 10 nitrogen and oxygen atoms in total. The van der Waals surface area contributed by atoms with Gasteiger partial charge < -0.3 is 18.8 Å². The van der Waals surface area contributed by atoms with E-state index in [9.17, 15) is 14.4 Å². The van der Waals surface area contributed by atoms with Gasteiger partial charge in [-0.2, -0.15) is 4.99 Å². The topological polar surface area (TPSA) is 113 Å². The van der Waals surface area contributed by atoms with Crippen LogP contribution in [0.25, 0.3) is 16.7 Å². The highest BCUT2D eigenvalue weighted by Gasteiger charge is 2.24. The van der Waals surface area contributed by atoms with E-state index in [0.717, 1.165) is 12.8 Å². The van der Waals surface area contributed by atoms with Crippen LogP contribution in [0.1, 0.15) is 47.4 Å². The predicted molar refractivity (Wildman–Crippen MR) is 139 cm³/mol. The molecular formula is C28H28N4O6. The number of aromatic nitrogens is 3. The summed E-state index contributed by atoms with van der Waals surface area (Å²) >= 11 is 0. The van der Waals surface area contributed by atoms with E-state index in [1.807, 2.05) is 6.92 Å². The summed E-state index contributed by atoms with van der Waals surface area (Å²) in [5.41, 5.74) is 0.783. The first-order chi connectivity index (χ1) is 18.5. The van der Waals surface area contributed by atoms with E-state index < -0.39 is 11.9 Å². The smallest absolute Gasteiger partial charge is 0.341 e. The van der Waals surface area contributed by atoms with Gasteiger partial charge in [0.05, 0.1) is 31.2 Å². The van der Waals surface area contributed by atoms with Crippen LogP contribution in [-0.4, -0.2) is 51.8 Å². The monoisotopic (exact) mass is 516 g/mol. The van der Waals surface area contributed by atoms with E-state index in [-0.39, 0.29) is 41.3 Å². The molecule has 1 amide bonds. The lowest BCUT2D eigenvalue weighted by Gasteiger charge is -2.18. The van der Waals surface area contributed by atoms with Crippen molar-refractivity contribution in [3.8, 4) is 5.75 Å². The van der Waals surface area contributed by atoms with Crippen molar-refractivity contribution in [2.45, 2.75) is 39.3 Å². The molecule has 1 saturated heterocycles. The van der Waals surface area contributed by atoms with Gasteiger partial charge in [0.2, 0.25) is 0 Å². The number of carbonyl (C=O) groups is 2. The Balaban J connectivity index is 1.79. The summed E-state index contributed by atoms with van der Waals surface area (Å²) in [6.07, 6.45) is 3.10. The van der Waals surface area contributed by atoms with Crippen LogP contribution in [0.4, 0.5) is 0 Å². The zero-order valence-corrected chi connectivity index (χ0v) is 21.3. The number of hydrogen-bond acceptors (Lipinski definition) is 7. The number of esters is 1. The molecule has 0 spiro atoms. The summed E-state index contributed by atoms with van der Waals surface area (Å²) in [6.45, 7) is 5.05. The maximum Gasteiger partial charge on any atom is 0.341 e. The fourth-order valence-corrected chi connectivity index (χ4v) is 4.54. The molecule has 10 heteroatoms. The Hall–Kier alpha value is -4.31. The summed E-state index contributed by atoms with van der Waals surface area (Å²) in [7, 11) is 0. The van der Waals surface area contributed by atoms with Crippen LogP contribution in [-0.2, 0) is 16.0 Å². The van der Waals surface area contributed by atoms with Crippen molar-refractivity contribution in [2.75, 3.05) is 19.8 Å². The molecule has 1 aliphatic rings. The van der Waals surface area contributed by atoms with Gasteiger partial charge >= 0.3 is 5.97 Å². The largest absolute Gasteiger partial charge is 0.494 e. The molecule has 1 atom stereocenters. The molecule has 0 radical (unpaired) electrons. The maximum absolute atomic E-state index is 13.5. The van der Waals surface area contributed by atoms with Crippen LogP contribution < -0.4 is 15.8 Å². The molecule has 38 heavy (non-hydrogen) atoms. The van der Waals surface area contributed by atoms with Crippen molar-refractivity contribution in [2.24, 2.45) is 4.99 Å². The highest BCUT2D eigenvalue weighted by atomic mass is 16.5. The minimum absolute atomic E-state index is 0.00594. The molecule has 0 bridgehead atoms. The Labute approximate surface area is 218 Å². The molecular weight excluding hydrogens is 488 g/mol. The molecule has 196 valence electrons. The Morgan fingerprint density at radius 3 is 2.66 bits per heavy atom. The highest BCUT2D eigenvalue weighted by Crippen LogP contribution is 2.18. The van der Waals surface area contributed by atoms with Crippen LogP contribution in [0.15, 0.2) is 64.5 Å². The van der Waals surface area contributed by atoms with E-state index >= 15 is 0 Å². The standard InChI is InChI=1S/C28H28N4O6/c1-3-36-19-12-10-18(11-13-19)26(33)30-25-22(28(35)37-4-2)16-21-24(32(25)17-20-8-7-15-38-20)29-23-9-5-6-14-31(23)27(21)34/h5-6,9-14,16,20H,3-4,7-8,15,17H2,1-2H3/t20-/m0/s1. The lowest BCUT2D eigenvalue weighted by atomic mass is 10.1. The van der Waals surface area contributed by atoms with Crippen molar-refractivity contribution < 1.29 is 23.8 Å². The van der Waals surface area contributed by atoms with Gasteiger partial charge in [-0.05, 0) is 69.2 Å². The lowest BCUT2D eigenvalue weighted by Crippen LogP contribution is -2.35. The third-order valence-electron chi connectivity index (χ3n) is 6.32.